The Balaban J connectivity index is 3.19. The molecule has 100 valence electrons. The monoisotopic (exact) mass is 254 g/mol. The van der Waals surface area contributed by atoms with Gasteiger partial charge in [0, 0.05) is 18.9 Å². The molecule has 0 amide bonds. The second kappa shape index (κ2) is 7.27. The molecule has 0 aliphatic carbocycles. The second-order valence-corrected chi connectivity index (χ2v) is 4.27. The van der Waals surface area contributed by atoms with Crippen LogP contribution in [0.5, 0.6) is 0 Å². The first-order valence-corrected chi connectivity index (χ1v) is 6.30. The first-order valence-electron chi connectivity index (χ1n) is 6.30. The lowest BCUT2D eigenvalue weighted by Crippen LogP contribution is -2.18. The van der Waals surface area contributed by atoms with Crippen molar-refractivity contribution in [2.45, 2.75) is 13.8 Å². The molecule has 2 nitrogen and oxygen atoms in total. The summed E-state index contributed by atoms with van der Waals surface area (Å²) in [6.45, 7) is 11.6. The van der Waals surface area contributed by atoms with E-state index in [1.165, 1.54) is 5.56 Å². The van der Waals surface area contributed by atoms with Crippen molar-refractivity contribution in [2.75, 3.05) is 11.9 Å². The van der Waals surface area contributed by atoms with Gasteiger partial charge >= 0.3 is 0 Å². The van der Waals surface area contributed by atoms with Crippen molar-refractivity contribution >= 4 is 11.8 Å². The van der Waals surface area contributed by atoms with E-state index in [1.807, 2.05) is 38.4 Å². The van der Waals surface area contributed by atoms with Crippen molar-refractivity contribution < 1.29 is 0 Å². The minimum Gasteiger partial charge on any atom is -0.366 e. The second-order valence-electron chi connectivity index (χ2n) is 4.27. The van der Waals surface area contributed by atoms with E-state index in [0.29, 0.717) is 0 Å². The van der Waals surface area contributed by atoms with Gasteiger partial charge in [0.15, 0.2) is 0 Å². The van der Waals surface area contributed by atoms with E-state index < -0.39 is 0 Å². The van der Waals surface area contributed by atoms with Crippen LogP contribution in [0.1, 0.15) is 18.1 Å². The molecule has 1 N–H and O–H groups in total. The van der Waals surface area contributed by atoms with E-state index in [2.05, 4.69) is 48.5 Å². The molecule has 19 heavy (non-hydrogen) atoms. The summed E-state index contributed by atoms with van der Waals surface area (Å²) in [4.78, 5) is 2.12. The molecule has 0 saturated carbocycles. The van der Waals surface area contributed by atoms with Gasteiger partial charge in [0.1, 0.15) is 0 Å². The SMILES string of the molecule is C=CN/C=C(\C=C/C)N(C)c1ccc(C)cc1C=C. The van der Waals surface area contributed by atoms with E-state index in [9.17, 15) is 0 Å². The Morgan fingerprint density at radius 3 is 2.63 bits per heavy atom. The van der Waals surface area contributed by atoms with Crippen LogP contribution in [0.25, 0.3) is 6.08 Å². The van der Waals surface area contributed by atoms with E-state index in [0.717, 1.165) is 16.9 Å². The van der Waals surface area contributed by atoms with Crippen molar-refractivity contribution in [3.8, 4) is 0 Å². The van der Waals surface area contributed by atoms with Crippen molar-refractivity contribution in [3.63, 3.8) is 0 Å². The molecule has 2 heteroatoms. The van der Waals surface area contributed by atoms with Crippen LogP contribution in [0.4, 0.5) is 5.69 Å². The summed E-state index contributed by atoms with van der Waals surface area (Å²) in [5.74, 6) is 0. The van der Waals surface area contributed by atoms with Crippen molar-refractivity contribution in [1.82, 2.24) is 5.32 Å². The highest BCUT2D eigenvalue weighted by Gasteiger charge is 2.08. The lowest BCUT2D eigenvalue weighted by Gasteiger charge is -2.23. The average molecular weight is 254 g/mol. The Morgan fingerprint density at radius 1 is 1.32 bits per heavy atom. The van der Waals surface area contributed by atoms with Gasteiger partial charge in [0.2, 0.25) is 0 Å². The van der Waals surface area contributed by atoms with Crippen LogP contribution in [0.3, 0.4) is 0 Å². The summed E-state index contributed by atoms with van der Waals surface area (Å²) in [6, 6.07) is 6.34. The van der Waals surface area contributed by atoms with Crippen LogP contribution >= 0.6 is 0 Å². The van der Waals surface area contributed by atoms with Crippen LogP contribution in [-0.2, 0) is 0 Å². The Morgan fingerprint density at radius 2 is 2.05 bits per heavy atom. The maximum absolute atomic E-state index is 3.89. The highest BCUT2D eigenvalue weighted by Crippen LogP contribution is 2.25. The van der Waals surface area contributed by atoms with E-state index in [-0.39, 0.29) is 0 Å². The highest BCUT2D eigenvalue weighted by molar-refractivity contribution is 5.70. The van der Waals surface area contributed by atoms with Crippen molar-refractivity contribution in [3.05, 3.63) is 72.7 Å². The maximum atomic E-state index is 3.89. The number of nitrogens with zero attached hydrogens (tertiary/aromatic N) is 1. The van der Waals surface area contributed by atoms with Gasteiger partial charge in [0.25, 0.3) is 0 Å². The first-order chi connectivity index (χ1) is 9.13. The Hall–Kier alpha value is -2.22. The number of rotatable bonds is 6. The standard InChI is InChI=1S/C17H22N2/c1-6-9-16(13-18-8-3)19(5)17-11-10-14(4)12-15(17)7-2/h6-13,18H,2-3H2,1,4-5H3/b9-6-,16-13+. The molecular weight excluding hydrogens is 232 g/mol. The summed E-state index contributed by atoms with van der Waals surface area (Å²) in [5.41, 5.74) is 4.52. The molecule has 0 unspecified atom stereocenters. The van der Waals surface area contributed by atoms with Crippen molar-refractivity contribution in [2.24, 2.45) is 0 Å². The molecule has 1 aromatic carbocycles. The number of likely N-dealkylation sites (N-methyl/N-ethyl adjacent to an activating group) is 1. The topological polar surface area (TPSA) is 15.3 Å². The number of aryl methyl sites for hydroxylation is 1. The molecule has 1 rings (SSSR count). The van der Waals surface area contributed by atoms with Gasteiger partial charge in [0.05, 0.1) is 5.70 Å². The smallest absolute Gasteiger partial charge is 0.0567 e. The number of allylic oxidation sites excluding steroid dienone is 2. The van der Waals surface area contributed by atoms with Gasteiger partial charge in [-0.3, -0.25) is 0 Å². The zero-order valence-electron chi connectivity index (χ0n) is 12.0. The average Bonchev–Trinajstić information content (AvgIpc) is 2.42. The van der Waals surface area contributed by atoms with Crippen LogP contribution in [-0.4, -0.2) is 7.05 Å². The number of nitrogens with one attached hydrogen (secondary N) is 1. The van der Waals surface area contributed by atoms with Crippen LogP contribution in [0, 0.1) is 6.92 Å². The molecule has 0 aromatic heterocycles. The van der Waals surface area contributed by atoms with E-state index >= 15 is 0 Å². The predicted octanol–water partition coefficient (Wildman–Crippen LogP) is 4.22. The zero-order valence-corrected chi connectivity index (χ0v) is 12.0. The van der Waals surface area contributed by atoms with E-state index in [1.54, 1.807) is 6.20 Å². The Bertz CT molecular complexity index is 510. The Kier molecular flexibility index (Phi) is 5.68. The quantitative estimate of drug-likeness (QED) is 0.764. The largest absolute Gasteiger partial charge is 0.366 e. The molecule has 0 aliphatic rings. The third kappa shape index (κ3) is 3.88. The molecule has 0 bridgehead atoms. The van der Waals surface area contributed by atoms with Gasteiger partial charge in [-0.15, -0.1) is 0 Å². The number of hydrogen-bond acceptors (Lipinski definition) is 2. The molecule has 0 heterocycles. The van der Waals surface area contributed by atoms with Gasteiger partial charge in [-0.1, -0.05) is 36.9 Å². The first kappa shape index (κ1) is 14.8. The normalized spacial score (nSPS) is 11.4. The third-order valence-corrected chi connectivity index (χ3v) is 2.84. The van der Waals surface area contributed by atoms with Crippen LogP contribution in [0.2, 0.25) is 0 Å². The fourth-order valence-electron chi connectivity index (χ4n) is 1.85. The molecule has 0 atom stereocenters. The third-order valence-electron chi connectivity index (χ3n) is 2.84. The number of benzene rings is 1. The minimum atomic E-state index is 1.05. The van der Waals surface area contributed by atoms with Gasteiger partial charge < -0.3 is 10.2 Å². The molecule has 0 saturated heterocycles. The number of anilines is 1. The van der Waals surface area contributed by atoms with Crippen LogP contribution < -0.4 is 10.2 Å². The Labute approximate surface area is 116 Å². The lowest BCUT2D eigenvalue weighted by molar-refractivity contribution is 1.07. The lowest BCUT2D eigenvalue weighted by atomic mass is 10.1. The van der Waals surface area contributed by atoms with Crippen molar-refractivity contribution in [1.29, 1.82) is 0 Å². The van der Waals surface area contributed by atoms with Gasteiger partial charge in [-0.25, -0.2) is 0 Å². The summed E-state index contributed by atoms with van der Waals surface area (Å²) in [6.07, 6.45) is 9.51. The highest BCUT2D eigenvalue weighted by atomic mass is 15.1. The fraction of sp³-hybridized carbons (Fsp3) is 0.176. The zero-order chi connectivity index (χ0) is 14.3. The molecular formula is C17H22N2. The van der Waals surface area contributed by atoms with Gasteiger partial charge in [-0.05, 0) is 43.8 Å². The predicted molar refractivity (Wildman–Crippen MR) is 85.9 cm³/mol. The summed E-state index contributed by atoms with van der Waals surface area (Å²) in [7, 11) is 2.04. The van der Waals surface area contributed by atoms with Crippen LogP contribution in [0.15, 0.2) is 61.6 Å². The van der Waals surface area contributed by atoms with Gasteiger partial charge in [-0.2, -0.15) is 0 Å². The maximum Gasteiger partial charge on any atom is 0.0567 e. The molecule has 0 fully saturated rings. The summed E-state index contributed by atoms with van der Waals surface area (Å²) < 4.78 is 0. The number of hydrogen-bond donors (Lipinski definition) is 1. The molecule has 0 spiro atoms. The summed E-state index contributed by atoms with van der Waals surface area (Å²) in [5, 5.41) is 3.02. The minimum absolute atomic E-state index is 1.05. The van der Waals surface area contributed by atoms with E-state index in [4.69, 9.17) is 0 Å². The summed E-state index contributed by atoms with van der Waals surface area (Å²) >= 11 is 0. The fourth-order valence-corrected chi connectivity index (χ4v) is 1.85. The molecule has 1 aromatic rings. The molecule has 0 aliphatic heterocycles. The molecule has 0 radical (unpaired) electrons.